The first-order valence-electron chi connectivity index (χ1n) is 8.45. The number of halogens is 2. The van der Waals surface area contributed by atoms with Crippen molar-refractivity contribution in [1.82, 2.24) is 9.99 Å². The van der Waals surface area contributed by atoms with Gasteiger partial charge in [0.15, 0.2) is 0 Å². The summed E-state index contributed by atoms with van der Waals surface area (Å²) in [7, 11) is 1.31. The summed E-state index contributed by atoms with van der Waals surface area (Å²) in [6, 6.07) is 8.77. The van der Waals surface area contributed by atoms with E-state index in [0.717, 1.165) is 28.6 Å². The number of urea groups is 1. The van der Waals surface area contributed by atoms with E-state index in [2.05, 4.69) is 4.98 Å². The molecule has 0 radical (unpaired) electrons. The van der Waals surface area contributed by atoms with Crippen LogP contribution in [-0.4, -0.2) is 23.1 Å². The minimum absolute atomic E-state index is 0.0912. The maximum atomic E-state index is 13.5. The number of nitrogens with two attached hydrogens (primary N) is 2. The van der Waals surface area contributed by atoms with Gasteiger partial charge in [0.1, 0.15) is 6.61 Å². The topological polar surface area (TPSA) is 97.7 Å². The number of ether oxygens (including phenoxy) is 1. The van der Waals surface area contributed by atoms with Gasteiger partial charge in [-0.15, -0.1) is 0 Å². The third-order valence-corrected chi connectivity index (χ3v) is 4.30. The molecule has 7 nitrogen and oxygen atoms in total. The highest BCUT2D eigenvalue weighted by Crippen LogP contribution is 2.39. The highest BCUT2D eigenvalue weighted by Gasteiger charge is 2.26. The summed E-state index contributed by atoms with van der Waals surface area (Å²) in [6.07, 6.45) is -0.578. The van der Waals surface area contributed by atoms with E-state index in [4.69, 9.17) is 16.4 Å². The lowest BCUT2D eigenvalue weighted by Crippen LogP contribution is -2.49. The van der Waals surface area contributed by atoms with Crippen LogP contribution in [0.2, 0.25) is 0 Å². The zero-order valence-corrected chi connectivity index (χ0v) is 14.8. The molecule has 1 fully saturated rings. The van der Waals surface area contributed by atoms with Gasteiger partial charge in [0.2, 0.25) is 5.88 Å². The minimum atomic E-state index is -2.76. The van der Waals surface area contributed by atoms with Crippen molar-refractivity contribution in [3.8, 4) is 5.88 Å². The molecular weight excluding hydrogens is 356 g/mol. The van der Waals surface area contributed by atoms with Crippen molar-refractivity contribution in [1.29, 1.82) is 0 Å². The van der Waals surface area contributed by atoms with E-state index in [1.165, 1.54) is 25.2 Å². The van der Waals surface area contributed by atoms with Crippen molar-refractivity contribution in [2.45, 2.75) is 31.8 Å². The van der Waals surface area contributed by atoms with Gasteiger partial charge in [0, 0.05) is 35.9 Å². The Bertz CT molecular complexity index is 827. The summed E-state index contributed by atoms with van der Waals surface area (Å²) < 4.78 is 32.6. The molecule has 3 rings (SSSR count). The molecule has 4 N–H and O–H groups in total. The van der Waals surface area contributed by atoms with E-state index in [1.807, 2.05) is 12.1 Å². The fourth-order valence-electron chi connectivity index (χ4n) is 2.72. The zero-order chi connectivity index (χ0) is 19.6. The van der Waals surface area contributed by atoms with E-state index in [0.29, 0.717) is 11.8 Å². The van der Waals surface area contributed by atoms with E-state index in [-0.39, 0.29) is 23.4 Å². The fraction of sp³-hybridized carbons (Fsp3) is 0.333. The summed E-state index contributed by atoms with van der Waals surface area (Å²) in [5.41, 5.74) is 0.848. The quantitative estimate of drug-likeness (QED) is 0.458. The summed E-state index contributed by atoms with van der Waals surface area (Å²) in [6.45, 7) is -0.216. The van der Waals surface area contributed by atoms with Crippen LogP contribution in [0.4, 0.5) is 19.3 Å². The van der Waals surface area contributed by atoms with E-state index in [9.17, 15) is 13.6 Å². The van der Waals surface area contributed by atoms with Crippen LogP contribution in [-0.2, 0) is 6.61 Å². The Morgan fingerprint density at radius 1 is 1.26 bits per heavy atom. The van der Waals surface area contributed by atoms with Gasteiger partial charge in [-0.2, -0.15) is 0 Å². The zero-order valence-electron chi connectivity index (χ0n) is 14.8. The van der Waals surface area contributed by atoms with Crippen LogP contribution in [0.3, 0.4) is 0 Å². The fourth-order valence-corrected chi connectivity index (χ4v) is 2.72. The minimum Gasteiger partial charge on any atom is -0.473 e. The van der Waals surface area contributed by atoms with Crippen molar-refractivity contribution in [2.75, 3.05) is 12.1 Å². The number of hydrazine groups is 2. The molecule has 1 saturated carbocycles. The van der Waals surface area contributed by atoms with Crippen LogP contribution in [0.25, 0.3) is 0 Å². The average Bonchev–Trinajstić information content (AvgIpc) is 3.50. The first kappa shape index (κ1) is 19.0. The molecule has 2 aromatic rings. The molecule has 1 aliphatic rings. The Morgan fingerprint density at radius 3 is 2.59 bits per heavy atom. The van der Waals surface area contributed by atoms with E-state index >= 15 is 0 Å². The number of rotatable bonds is 6. The molecule has 0 bridgehead atoms. The largest absolute Gasteiger partial charge is 0.473 e. The Hall–Kier alpha value is -2.78. The second-order valence-electron chi connectivity index (χ2n) is 6.37. The van der Waals surface area contributed by atoms with E-state index in [1.54, 1.807) is 6.07 Å². The molecule has 1 heterocycles. The number of benzene rings is 1. The van der Waals surface area contributed by atoms with Gasteiger partial charge in [-0.05, 0) is 25.0 Å². The SMILES string of the molecule is CN(N)C(=O)N(N)c1cccc(C(F)F)c1COc1cccc(C2CC2)n1. The average molecular weight is 377 g/mol. The molecule has 0 aliphatic heterocycles. The first-order chi connectivity index (χ1) is 12.9. The molecule has 1 aromatic heterocycles. The summed E-state index contributed by atoms with van der Waals surface area (Å²) >= 11 is 0. The third-order valence-electron chi connectivity index (χ3n) is 4.30. The standard InChI is InChI=1S/C18H21F2N5O2/c1-24(21)18(26)25(22)15-6-2-4-12(17(19)20)13(15)10-27-16-7-3-5-14(23-16)11-8-9-11/h2-7,11,17H,8-10,21-22H2,1H3. The molecule has 27 heavy (non-hydrogen) atoms. The molecule has 1 aliphatic carbocycles. The van der Waals surface area contributed by atoms with Gasteiger partial charge >= 0.3 is 6.03 Å². The van der Waals surface area contributed by atoms with Crippen LogP contribution in [0.15, 0.2) is 36.4 Å². The second-order valence-corrected chi connectivity index (χ2v) is 6.37. The monoisotopic (exact) mass is 377 g/mol. The van der Waals surface area contributed by atoms with Gasteiger partial charge < -0.3 is 4.74 Å². The Kier molecular flexibility index (Phi) is 5.52. The van der Waals surface area contributed by atoms with Gasteiger partial charge in [-0.1, -0.05) is 18.2 Å². The number of pyridine rings is 1. The Labute approximate surface area is 155 Å². The Balaban J connectivity index is 1.88. The summed E-state index contributed by atoms with van der Waals surface area (Å²) in [4.78, 5) is 16.5. The molecule has 0 saturated heterocycles. The lowest BCUT2D eigenvalue weighted by molar-refractivity contribution is 0.147. The van der Waals surface area contributed by atoms with Gasteiger partial charge in [-0.3, -0.25) is 5.01 Å². The van der Waals surface area contributed by atoms with Gasteiger partial charge in [-0.25, -0.2) is 35.3 Å². The molecular formula is C18H21F2N5O2. The number of alkyl halides is 2. The molecule has 9 heteroatoms. The molecule has 0 atom stereocenters. The number of carbonyl (C=O) groups excluding carboxylic acids is 1. The van der Waals surface area contributed by atoms with Crippen molar-refractivity contribution in [2.24, 2.45) is 11.7 Å². The maximum Gasteiger partial charge on any atom is 0.352 e. The lowest BCUT2D eigenvalue weighted by Gasteiger charge is -2.24. The highest BCUT2D eigenvalue weighted by atomic mass is 19.3. The van der Waals surface area contributed by atoms with Crippen LogP contribution >= 0.6 is 0 Å². The van der Waals surface area contributed by atoms with Crippen molar-refractivity contribution in [3.63, 3.8) is 0 Å². The number of aromatic nitrogens is 1. The number of anilines is 1. The van der Waals surface area contributed by atoms with Crippen LogP contribution in [0, 0.1) is 0 Å². The summed E-state index contributed by atoms with van der Waals surface area (Å²) in [5, 5.41) is 1.49. The number of amides is 2. The Morgan fingerprint density at radius 2 is 1.96 bits per heavy atom. The summed E-state index contributed by atoms with van der Waals surface area (Å²) in [5.74, 6) is 12.0. The van der Waals surface area contributed by atoms with Crippen molar-refractivity contribution >= 4 is 11.7 Å². The molecule has 0 unspecified atom stereocenters. The third kappa shape index (κ3) is 4.32. The van der Waals surface area contributed by atoms with E-state index < -0.39 is 12.5 Å². The van der Waals surface area contributed by atoms with Crippen LogP contribution < -0.4 is 21.4 Å². The van der Waals surface area contributed by atoms with Gasteiger partial charge in [0.25, 0.3) is 6.43 Å². The normalized spacial score (nSPS) is 13.6. The van der Waals surface area contributed by atoms with Crippen LogP contribution in [0.5, 0.6) is 5.88 Å². The van der Waals surface area contributed by atoms with Crippen molar-refractivity contribution in [3.05, 3.63) is 53.2 Å². The lowest BCUT2D eigenvalue weighted by atomic mass is 10.1. The smallest absolute Gasteiger partial charge is 0.352 e. The van der Waals surface area contributed by atoms with Crippen molar-refractivity contribution < 1.29 is 18.3 Å². The second kappa shape index (κ2) is 7.85. The van der Waals surface area contributed by atoms with Gasteiger partial charge in [0.05, 0.1) is 5.69 Å². The highest BCUT2D eigenvalue weighted by molar-refractivity contribution is 5.91. The van der Waals surface area contributed by atoms with Crippen LogP contribution in [0.1, 0.15) is 42.0 Å². The number of nitrogens with zero attached hydrogens (tertiary/aromatic N) is 3. The molecule has 2 amide bonds. The predicted octanol–water partition coefficient (Wildman–Crippen LogP) is 3.08. The number of hydrogen-bond donors (Lipinski definition) is 2. The number of carbonyl (C=O) groups is 1. The molecule has 0 spiro atoms. The molecule has 144 valence electrons. The molecule has 1 aromatic carbocycles. The first-order valence-corrected chi connectivity index (χ1v) is 8.45. The maximum absolute atomic E-state index is 13.5. The predicted molar refractivity (Wildman–Crippen MR) is 96.0 cm³/mol. The number of hydrogen-bond acceptors (Lipinski definition) is 5.